The van der Waals surface area contributed by atoms with Gasteiger partial charge >= 0.3 is 5.97 Å². The minimum atomic E-state index is -3.58. The van der Waals surface area contributed by atoms with Crippen LogP contribution in [0, 0.1) is 0 Å². The molecule has 0 amide bonds. The Morgan fingerprint density at radius 2 is 1.72 bits per heavy atom. The summed E-state index contributed by atoms with van der Waals surface area (Å²) >= 11 is 0. The zero-order chi connectivity index (χ0) is 20.9. The predicted octanol–water partition coefficient (Wildman–Crippen LogP) is 0.961. The molecule has 3 rings (SSSR count). The molecule has 1 N–H and O–H groups in total. The van der Waals surface area contributed by atoms with Crippen LogP contribution < -0.4 is 9.64 Å². The van der Waals surface area contributed by atoms with Crippen LogP contribution in [-0.2, 0) is 21.3 Å². The highest BCUT2D eigenvalue weighted by Gasteiger charge is 2.30. The number of carbonyl (C=O) groups is 1. The van der Waals surface area contributed by atoms with E-state index in [-0.39, 0.29) is 11.5 Å². The zero-order valence-corrected chi connectivity index (χ0v) is 17.6. The van der Waals surface area contributed by atoms with Crippen LogP contribution in [0.25, 0.3) is 0 Å². The van der Waals surface area contributed by atoms with Gasteiger partial charge in [0.2, 0.25) is 10.0 Å². The van der Waals surface area contributed by atoms with Gasteiger partial charge in [-0.2, -0.15) is 4.31 Å². The van der Waals surface area contributed by atoms with Crippen LogP contribution in [0.2, 0.25) is 0 Å². The fourth-order valence-corrected chi connectivity index (χ4v) is 4.91. The van der Waals surface area contributed by atoms with Crippen molar-refractivity contribution < 1.29 is 27.6 Å². The number of methoxy groups -OCH3 is 1. The molecule has 29 heavy (non-hydrogen) atoms. The molecule has 0 unspecified atom stereocenters. The second-order valence-electron chi connectivity index (χ2n) is 6.89. The molecule has 2 aromatic rings. The Morgan fingerprint density at radius 3 is 2.34 bits per heavy atom. The smallest absolute Gasteiger partial charge is 0.338 e. The van der Waals surface area contributed by atoms with Crippen molar-refractivity contribution >= 4 is 16.0 Å². The molecular formula is C21H27N2O5S+. The van der Waals surface area contributed by atoms with Gasteiger partial charge in [-0.25, -0.2) is 13.2 Å². The van der Waals surface area contributed by atoms with Gasteiger partial charge < -0.3 is 14.4 Å². The number of quaternary nitrogens is 1. The van der Waals surface area contributed by atoms with Gasteiger partial charge in [0, 0.05) is 5.56 Å². The van der Waals surface area contributed by atoms with E-state index < -0.39 is 16.0 Å². The Hall–Kier alpha value is -2.42. The second kappa shape index (κ2) is 9.39. The number of rotatable bonds is 7. The lowest BCUT2D eigenvalue weighted by atomic mass is 10.2. The average Bonchev–Trinajstić information content (AvgIpc) is 2.75. The van der Waals surface area contributed by atoms with Crippen LogP contribution in [0.5, 0.6) is 5.75 Å². The summed E-state index contributed by atoms with van der Waals surface area (Å²) in [6.07, 6.45) is 0. The van der Waals surface area contributed by atoms with E-state index in [9.17, 15) is 13.2 Å². The highest BCUT2D eigenvalue weighted by Crippen LogP contribution is 2.18. The third-order valence-corrected chi connectivity index (χ3v) is 6.98. The number of ether oxygens (including phenoxy) is 2. The number of piperazine rings is 1. The number of esters is 1. The summed E-state index contributed by atoms with van der Waals surface area (Å²) in [5.41, 5.74) is 1.47. The van der Waals surface area contributed by atoms with Crippen LogP contribution in [0.1, 0.15) is 22.8 Å². The first kappa shape index (κ1) is 21.3. The minimum Gasteiger partial charge on any atom is -0.496 e. The average molecular weight is 420 g/mol. The first-order chi connectivity index (χ1) is 14.0. The molecule has 1 aliphatic rings. The molecule has 8 heteroatoms. The molecule has 0 atom stereocenters. The molecule has 0 saturated carbocycles. The van der Waals surface area contributed by atoms with Gasteiger partial charge in [0.25, 0.3) is 0 Å². The molecule has 0 aliphatic carbocycles. The number of benzene rings is 2. The standard InChI is InChI=1S/C21H26N2O5S/c1-3-28-21(24)17-8-10-19(11-9-17)29(25,26)23-14-12-22(13-15-23)16-18-6-4-5-7-20(18)27-2/h4-11H,3,12-16H2,1-2H3/p+1. The summed E-state index contributed by atoms with van der Waals surface area (Å²) < 4.78 is 37.7. The molecule has 1 saturated heterocycles. The molecule has 0 spiro atoms. The van der Waals surface area contributed by atoms with Crippen LogP contribution in [0.3, 0.4) is 0 Å². The maximum absolute atomic E-state index is 12.9. The van der Waals surface area contributed by atoms with Crippen molar-refractivity contribution in [2.45, 2.75) is 18.4 Å². The summed E-state index contributed by atoms with van der Waals surface area (Å²) in [6.45, 7) is 5.15. The fourth-order valence-electron chi connectivity index (χ4n) is 3.46. The third-order valence-electron chi connectivity index (χ3n) is 5.07. The van der Waals surface area contributed by atoms with Gasteiger partial charge in [-0.15, -0.1) is 0 Å². The van der Waals surface area contributed by atoms with Crippen LogP contribution in [-0.4, -0.2) is 58.6 Å². The molecule has 0 bridgehead atoms. The number of sulfonamides is 1. The first-order valence-electron chi connectivity index (χ1n) is 9.68. The molecular weight excluding hydrogens is 392 g/mol. The van der Waals surface area contributed by atoms with Crippen LogP contribution in [0.4, 0.5) is 0 Å². The van der Waals surface area contributed by atoms with E-state index in [1.165, 1.54) is 33.5 Å². The molecule has 1 aliphatic heterocycles. The summed E-state index contributed by atoms with van der Waals surface area (Å²) in [5.74, 6) is 0.404. The van der Waals surface area contributed by atoms with Crippen molar-refractivity contribution in [3.05, 3.63) is 59.7 Å². The Kier molecular flexibility index (Phi) is 6.89. The van der Waals surface area contributed by atoms with E-state index in [4.69, 9.17) is 9.47 Å². The molecule has 0 radical (unpaired) electrons. The van der Waals surface area contributed by atoms with Crippen molar-refractivity contribution in [1.29, 1.82) is 0 Å². The Bertz CT molecular complexity index is 936. The van der Waals surface area contributed by atoms with Gasteiger partial charge in [0.15, 0.2) is 0 Å². The summed E-state index contributed by atoms with van der Waals surface area (Å²) in [4.78, 5) is 13.3. The van der Waals surface area contributed by atoms with E-state index in [0.29, 0.717) is 18.7 Å². The highest BCUT2D eigenvalue weighted by atomic mass is 32.2. The number of nitrogens with zero attached hydrogens (tertiary/aromatic N) is 1. The van der Waals surface area contributed by atoms with E-state index in [1.807, 2.05) is 24.3 Å². The SMILES string of the molecule is CCOC(=O)c1ccc(S(=O)(=O)N2CC[NH+](Cc3ccccc3OC)CC2)cc1. The number of hydrogen-bond donors (Lipinski definition) is 1. The number of carbonyl (C=O) groups excluding carboxylic acids is 1. The van der Waals surface area contributed by atoms with Gasteiger partial charge in [-0.1, -0.05) is 12.1 Å². The monoisotopic (exact) mass is 419 g/mol. The zero-order valence-electron chi connectivity index (χ0n) is 16.8. The Labute approximate surface area is 171 Å². The fraction of sp³-hybridized carbons (Fsp3) is 0.381. The number of para-hydroxylation sites is 1. The molecule has 156 valence electrons. The first-order valence-corrected chi connectivity index (χ1v) is 11.1. The largest absolute Gasteiger partial charge is 0.496 e. The third kappa shape index (κ3) is 4.95. The molecule has 7 nitrogen and oxygen atoms in total. The van der Waals surface area contributed by atoms with E-state index in [2.05, 4.69) is 0 Å². The predicted molar refractivity (Wildman–Crippen MR) is 109 cm³/mol. The van der Waals surface area contributed by atoms with E-state index >= 15 is 0 Å². The lowest BCUT2D eigenvalue weighted by Gasteiger charge is -2.31. The Morgan fingerprint density at radius 1 is 1.07 bits per heavy atom. The molecule has 2 aromatic carbocycles. The maximum Gasteiger partial charge on any atom is 0.338 e. The lowest BCUT2D eigenvalue weighted by Crippen LogP contribution is -3.13. The lowest BCUT2D eigenvalue weighted by molar-refractivity contribution is -0.917. The second-order valence-corrected chi connectivity index (χ2v) is 8.83. The number of hydrogen-bond acceptors (Lipinski definition) is 5. The maximum atomic E-state index is 12.9. The summed E-state index contributed by atoms with van der Waals surface area (Å²) in [7, 11) is -1.92. The molecule has 0 aromatic heterocycles. The van der Waals surface area contributed by atoms with Crippen LogP contribution in [0.15, 0.2) is 53.4 Å². The minimum absolute atomic E-state index is 0.193. The van der Waals surface area contributed by atoms with Gasteiger partial charge in [-0.3, -0.25) is 0 Å². The summed E-state index contributed by atoms with van der Waals surface area (Å²) in [5, 5.41) is 0. The van der Waals surface area contributed by atoms with Crippen molar-refractivity contribution in [3.8, 4) is 5.75 Å². The van der Waals surface area contributed by atoms with E-state index in [0.717, 1.165) is 30.9 Å². The van der Waals surface area contributed by atoms with Crippen molar-refractivity contribution in [1.82, 2.24) is 4.31 Å². The molecule has 1 fully saturated rings. The van der Waals surface area contributed by atoms with Crippen LogP contribution >= 0.6 is 0 Å². The molecule has 1 heterocycles. The van der Waals surface area contributed by atoms with Crippen molar-refractivity contribution in [2.24, 2.45) is 0 Å². The van der Waals surface area contributed by atoms with Crippen molar-refractivity contribution in [3.63, 3.8) is 0 Å². The van der Waals surface area contributed by atoms with E-state index in [1.54, 1.807) is 14.0 Å². The quantitative estimate of drug-likeness (QED) is 0.677. The topological polar surface area (TPSA) is 77.4 Å². The highest BCUT2D eigenvalue weighted by molar-refractivity contribution is 7.89. The Balaban J connectivity index is 1.63. The summed E-state index contributed by atoms with van der Waals surface area (Å²) in [6, 6.07) is 13.8. The van der Waals surface area contributed by atoms with Gasteiger partial charge in [0.05, 0.1) is 50.4 Å². The number of nitrogens with one attached hydrogen (secondary N) is 1. The van der Waals surface area contributed by atoms with Crippen molar-refractivity contribution in [2.75, 3.05) is 39.9 Å². The van der Waals surface area contributed by atoms with Gasteiger partial charge in [-0.05, 0) is 43.3 Å². The van der Waals surface area contributed by atoms with Gasteiger partial charge in [0.1, 0.15) is 12.3 Å². The normalized spacial score (nSPS) is 15.8.